The molecule has 8 nitrogen and oxygen atoms in total. The summed E-state index contributed by atoms with van der Waals surface area (Å²) in [5.74, 6) is -2.19. The Labute approximate surface area is 234 Å². The van der Waals surface area contributed by atoms with Crippen LogP contribution in [0.5, 0.6) is 11.8 Å². The number of pyridine rings is 2. The largest absolute Gasteiger partial charge is 0.491 e. The van der Waals surface area contributed by atoms with Crippen LogP contribution in [-0.2, 0) is 0 Å². The zero-order chi connectivity index (χ0) is 29.8. The Balaban J connectivity index is 0.000000222. The molecule has 0 radical (unpaired) electrons. The summed E-state index contributed by atoms with van der Waals surface area (Å²) in [5.41, 5.74) is 0.250. The Morgan fingerprint density at radius 2 is 1.27 bits per heavy atom. The molecule has 0 spiro atoms. The van der Waals surface area contributed by atoms with Crippen LogP contribution in [0.3, 0.4) is 0 Å². The smallest absolute Gasteiger partial charge is 0.481 e. The lowest BCUT2D eigenvalue weighted by atomic mass is 9.80. The molecule has 2 N–H and O–H groups in total. The monoisotopic (exact) mass is 622 g/mol. The third kappa shape index (κ3) is 8.97. The highest BCUT2D eigenvalue weighted by Gasteiger charge is 2.17. The summed E-state index contributed by atoms with van der Waals surface area (Å²) in [5, 5.41) is 17.3. The Morgan fingerprint density at radius 1 is 0.750 bits per heavy atom. The van der Waals surface area contributed by atoms with Crippen molar-refractivity contribution in [2.24, 2.45) is 0 Å². The van der Waals surface area contributed by atoms with E-state index in [1.807, 2.05) is 0 Å². The second kappa shape index (κ2) is 15.5. The highest BCUT2D eigenvalue weighted by molar-refractivity contribution is 9.10. The topological polar surface area (TPSA) is 119 Å². The highest BCUT2D eigenvalue weighted by Crippen LogP contribution is 2.26. The molecule has 2 heterocycles. The fraction of sp³-hybridized carbons (Fsp3) is 0.0769. The Bertz CT molecular complexity index is 1480. The first-order valence-electron chi connectivity index (χ1n) is 10.9. The normalized spacial score (nSPS) is 9.82. The van der Waals surface area contributed by atoms with Gasteiger partial charge in [-0.3, -0.25) is 9.59 Å². The summed E-state index contributed by atoms with van der Waals surface area (Å²) in [4.78, 5) is 27.8. The molecule has 0 saturated carbocycles. The van der Waals surface area contributed by atoms with E-state index in [1.165, 1.54) is 44.6 Å². The quantitative estimate of drug-likeness (QED) is 0.187. The molecule has 0 amide bonds. The van der Waals surface area contributed by atoms with E-state index in [2.05, 4.69) is 30.6 Å². The molecule has 0 unspecified atom stereocenters. The van der Waals surface area contributed by atoms with Crippen LogP contribution in [0.4, 0.5) is 17.6 Å². The fourth-order valence-electron chi connectivity index (χ4n) is 2.88. The van der Waals surface area contributed by atoms with Gasteiger partial charge >= 0.3 is 7.12 Å². The molecule has 0 aliphatic carbocycles. The van der Waals surface area contributed by atoms with Crippen molar-refractivity contribution in [3.05, 3.63) is 99.8 Å². The van der Waals surface area contributed by atoms with Gasteiger partial charge in [-0.1, -0.05) is 22.0 Å². The first-order chi connectivity index (χ1) is 19.0. The second-order valence-electron chi connectivity index (χ2n) is 7.47. The Kier molecular flexibility index (Phi) is 12.4. The van der Waals surface area contributed by atoms with Gasteiger partial charge in [0, 0.05) is 27.6 Å². The summed E-state index contributed by atoms with van der Waals surface area (Å²) >= 11 is 3.07. The van der Waals surface area contributed by atoms with Crippen molar-refractivity contribution >= 4 is 41.1 Å². The zero-order valence-corrected chi connectivity index (χ0v) is 22.4. The number of nitrogens with zero attached hydrogens (tertiary/aromatic N) is 2. The van der Waals surface area contributed by atoms with Crippen molar-refractivity contribution in [1.82, 2.24) is 9.97 Å². The maximum absolute atomic E-state index is 13.6. The van der Waals surface area contributed by atoms with Gasteiger partial charge in [0.2, 0.25) is 11.8 Å². The second-order valence-corrected chi connectivity index (χ2v) is 8.38. The molecule has 0 bridgehead atoms. The molecule has 2 aromatic heterocycles. The van der Waals surface area contributed by atoms with Crippen LogP contribution in [0, 0.1) is 23.3 Å². The minimum absolute atomic E-state index is 0.0693. The van der Waals surface area contributed by atoms with Gasteiger partial charge < -0.3 is 19.5 Å². The number of benzene rings is 2. The van der Waals surface area contributed by atoms with Crippen molar-refractivity contribution in [3.63, 3.8) is 0 Å². The van der Waals surface area contributed by atoms with E-state index in [4.69, 9.17) is 14.8 Å². The molecule has 0 aliphatic heterocycles. The van der Waals surface area contributed by atoms with Crippen LogP contribution >= 0.6 is 15.9 Å². The average Bonchev–Trinajstić information content (AvgIpc) is 2.94. The van der Waals surface area contributed by atoms with E-state index < -0.39 is 30.4 Å². The average molecular weight is 623 g/mol. The van der Waals surface area contributed by atoms with Gasteiger partial charge in [-0.2, -0.15) is 0 Å². The van der Waals surface area contributed by atoms with E-state index >= 15 is 0 Å². The van der Waals surface area contributed by atoms with Gasteiger partial charge in [-0.25, -0.2) is 27.5 Å². The Morgan fingerprint density at radius 3 is 1.77 bits per heavy atom. The van der Waals surface area contributed by atoms with Crippen molar-refractivity contribution in [3.8, 4) is 22.9 Å². The van der Waals surface area contributed by atoms with Crippen molar-refractivity contribution in [1.29, 1.82) is 0 Å². The number of rotatable bonds is 6. The number of hydrogen-bond acceptors (Lipinski definition) is 8. The number of ether oxygens (including phenoxy) is 2. The lowest BCUT2D eigenvalue weighted by Crippen LogP contribution is -2.33. The number of methoxy groups -OCH3 is 2. The van der Waals surface area contributed by atoms with Gasteiger partial charge in [0.1, 0.15) is 23.3 Å². The van der Waals surface area contributed by atoms with E-state index in [-0.39, 0.29) is 33.9 Å². The van der Waals surface area contributed by atoms with Crippen molar-refractivity contribution in [2.45, 2.75) is 0 Å². The highest BCUT2D eigenvalue weighted by atomic mass is 79.9. The Hall–Kier alpha value is -4.14. The third-order valence-electron chi connectivity index (χ3n) is 4.91. The summed E-state index contributed by atoms with van der Waals surface area (Å²) in [6.07, 6.45) is 2.76. The van der Waals surface area contributed by atoms with Gasteiger partial charge in [-0.15, -0.1) is 0 Å². The predicted molar refractivity (Wildman–Crippen MR) is 142 cm³/mol. The van der Waals surface area contributed by atoms with Gasteiger partial charge in [0.05, 0.1) is 37.7 Å². The molecule has 4 aromatic rings. The number of carbonyl (C=O) groups is 2. The van der Waals surface area contributed by atoms with E-state index in [0.717, 1.165) is 24.5 Å². The van der Waals surface area contributed by atoms with Crippen molar-refractivity contribution < 1.29 is 46.7 Å². The molecular formula is C26H20BBrF4N2O6. The minimum atomic E-state index is -1.85. The third-order valence-corrected chi connectivity index (χ3v) is 5.41. The van der Waals surface area contributed by atoms with Crippen LogP contribution in [0.15, 0.2) is 65.4 Å². The first-order valence-corrected chi connectivity index (χ1v) is 11.7. The molecule has 0 aliphatic rings. The van der Waals surface area contributed by atoms with E-state index in [0.29, 0.717) is 22.6 Å². The molecule has 4 rings (SSSR count). The fourth-order valence-corrected chi connectivity index (χ4v) is 3.22. The predicted octanol–water partition coefficient (Wildman–Crippen LogP) is 4.16. The molecule has 0 saturated heterocycles. The lowest BCUT2D eigenvalue weighted by Gasteiger charge is -2.06. The van der Waals surface area contributed by atoms with Crippen LogP contribution in [0.1, 0.15) is 20.7 Å². The number of hydrogen-bond donors (Lipinski definition) is 2. The summed E-state index contributed by atoms with van der Waals surface area (Å²) in [7, 11) is 0.912. The van der Waals surface area contributed by atoms with Crippen LogP contribution in [0.2, 0.25) is 0 Å². The van der Waals surface area contributed by atoms with Gasteiger partial charge in [-0.05, 0) is 35.9 Å². The van der Waals surface area contributed by atoms with Gasteiger partial charge in [0.25, 0.3) is 0 Å². The maximum Gasteiger partial charge on any atom is 0.491 e. The molecule has 0 fully saturated rings. The number of aldehydes is 2. The minimum Gasteiger partial charge on any atom is -0.481 e. The first kappa shape index (κ1) is 32.1. The summed E-state index contributed by atoms with van der Waals surface area (Å²) in [6.45, 7) is 0. The molecular weight excluding hydrogens is 603 g/mol. The van der Waals surface area contributed by atoms with Crippen molar-refractivity contribution in [2.75, 3.05) is 14.2 Å². The van der Waals surface area contributed by atoms with E-state index in [1.54, 1.807) is 6.07 Å². The summed E-state index contributed by atoms with van der Waals surface area (Å²) < 4.78 is 62.5. The zero-order valence-electron chi connectivity index (χ0n) is 20.8. The summed E-state index contributed by atoms with van der Waals surface area (Å²) in [6, 6.07) is 10.6. The SMILES string of the molecule is COc1cc(-c2ccc(C=O)c(F)c2)c(F)cn1.COc1cc(B(O)O)c(F)cn1.O=Cc1ccc(Br)cc1F. The number of aromatic nitrogens is 2. The maximum atomic E-state index is 13.6. The van der Waals surface area contributed by atoms with Crippen LogP contribution in [-0.4, -0.2) is 53.9 Å². The van der Waals surface area contributed by atoms with E-state index in [9.17, 15) is 27.2 Å². The lowest BCUT2D eigenvalue weighted by molar-refractivity contribution is 0.111. The van der Waals surface area contributed by atoms with Crippen LogP contribution < -0.4 is 14.9 Å². The van der Waals surface area contributed by atoms with Crippen LogP contribution in [0.25, 0.3) is 11.1 Å². The van der Waals surface area contributed by atoms with Gasteiger partial charge in [0.15, 0.2) is 12.6 Å². The standard InChI is InChI=1S/C13H9F2NO2.C7H4BrFO.C6H7BFNO3/c1-18-13-5-10(12(15)6-16-13)8-2-3-9(7-17)11(14)4-8;8-6-2-1-5(4-10)7(9)3-6;1-12-6-2-4(7(10)11)5(8)3-9-6/h2-7H,1H3;1-4H;2-3,10-11H,1H3. The molecule has 0 atom stereocenters. The molecule has 40 heavy (non-hydrogen) atoms. The number of carbonyl (C=O) groups excluding carboxylic acids is 2. The molecule has 208 valence electrons. The molecule has 2 aromatic carbocycles. The molecule has 14 heteroatoms. The number of halogens is 5.